The van der Waals surface area contributed by atoms with Crippen molar-refractivity contribution in [2.75, 3.05) is 19.4 Å². The second-order valence-corrected chi connectivity index (χ2v) is 4.82. The molecular formula is C16H19N3O. The molecule has 0 saturated carbocycles. The molecule has 0 atom stereocenters. The Morgan fingerprint density at radius 2 is 1.95 bits per heavy atom. The first-order valence-electron chi connectivity index (χ1n) is 6.54. The summed E-state index contributed by atoms with van der Waals surface area (Å²) < 4.78 is 0. The zero-order valence-corrected chi connectivity index (χ0v) is 12.1. The zero-order valence-electron chi connectivity index (χ0n) is 12.1. The summed E-state index contributed by atoms with van der Waals surface area (Å²) in [6, 6.07) is 9.67. The predicted octanol–water partition coefficient (Wildman–Crippen LogP) is 2.70. The smallest absolute Gasteiger partial charge is 0.256 e. The lowest BCUT2D eigenvalue weighted by molar-refractivity contribution is 0.0786. The normalized spacial score (nSPS) is 10.2. The summed E-state index contributed by atoms with van der Waals surface area (Å²) in [4.78, 5) is 18.2. The van der Waals surface area contributed by atoms with Crippen molar-refractivity contribution >= 4 is 11.6 Å². The van der Waals surface area contributed by atoms with Crippen LogP contribution in [0, 0.1) is 6.92 Å². The van der Waals surface area contributed by atoms with E-state index in [-0.39, 0.29) is 5.91 Å². The van der Waals surface area contributed by atoms with Gasteiger partial charge < -0.3 is 10.2 Å². The largest absolute Gasteiger partial charge is 0.387 e. The molecule has 4 nitrogen and oxygen atoms in total. The lowest BCUT2D eigenvalue weighted by atomic mass is 10.1. The highest BCUT2D eigenvalue weighted by Gasteiger charge is 2.15. The van der Waals surface area contributed by atoms with Crippen LogP contribution in [0.1, 0.15) is 21.5 Å². The maximum atomic E-state index is 12.6. The Labute approximate surface area is 119 Å². The fourth-order valence-corrected chi connectivity index (χ4v) is 2.09. The van der Waals surface area contributed by atoms with Crippen LogP contribution in [0.5, 0.6) is 0 Å². The minimum Gasteiger partial charge on any atom is -0.387 e. The molecule has 2 rings (SSSR count). The monoisotopic (exact) mass is 269 g/mol. The molecular weight excluding hydrogens is 250 g/mol. The Kier molecular flexibility index (Phi) is 4.35. The number of amides is 1. The molecule has 1 aromatic carbocycles. The fraction of sp³-hybridized carbons (Fsp3) is 0.250. The number of anilines is 1. The first-order valence-corrected chi connectivity index (χ1v) is 6.54. The second-order valence-electron chi connectivity index (χ2n) is 4.82. The number of hydrogen-bond acceptors (Lipinski definition) is 3. The van der Waals surface area contributed by atoms with Gasteiger partial charge in [0, 0.05) is 38.7 Å². The van der Waals surface area contributed by atoms with Gasteiger partial charge in [0.05, 0.1) is 5.56 Å². The van der Waals surface area contributed by atoms with E-state index < -0.39 is 0 Å². The van der Waals surface area contributed by atoms with Gasteiger partial charge in [0.25, 0.3) is 5.91 Å². The average molecular weight is 269 g/mol. The van der Waals surface area contributed by atoms with Gasteiger partial charge in [0.1, 0.15) is 0 Å². The van der Waals surface area contributed by atoms with E-state index >= 15 is 0 Å². The number of nitrogens with one attached hydrogen (secondary N) is 1. The lowest BCUT2D eigenvalue weighted by Crippen LogP contribution is -2.27. The first kappa shape index (κ1) is 14.1. The van der Waals surface area contributed by atoms with Crippen molar-refractivity contribution < 1.29 is 4.79 Å². The van der Waals surface area contributed by atoms with E-state index in [9.17, 15) is 4.79 Å². The van der Waals surface area contributed by atoms with Crippen molar-refractivity contribution in [3.05, 3.63) is 59.4 Å². The van der Waals surface area contributed by atoms with E-state index in [1.54, 1.807) is 17.3 Å². The van der Waals surface area contributed by atoms with Gasteiger partial charge in [0.15, 0.2) is 0 Å². The molecule has 0 aliphatic heterocycles. The van der Waals surface area contributed by atoms with Crippen LogP contribution in [0.3, 0.4) is 0 Å². The van der Waals surface area contributed by atoms with Crippen LogP contribution >= 0.6 is 0 Å². The van der Waals surface area contributed by atoms with Crippen molar-refractivity contribution in [1.29, 1.82) is 0 Å². The van der Waals surface area contributed by atoms with E-state index in [0.29, 0.717) is 12.1 Å². The highest BCUT2D eigenvalue weighted by Crippen LogP contribution is 2.19. The fourth-order valence-electron chi connectivity index (χ4n) is 2.09. The van der Waals surface area contributed by atoms with Crippen LogP contribution in [-0.4, -0.2) is 29.9 Å². The Hall–Kier alpha value is -2.36. The second kappa shape index (κ2) is 6.19. The molecule has 0 radical (unpaired) electrons. The van der Waals surface area contributed by atoms with Crippen LogP contribution in [0.2, 0.25) is 0 Å². The molecule has 20 heavy (non-hydrogen) atoms. The molecule has 104 valence electrons. The third kappa shape index (κ3) is 3.15. The minimum atomic E-state index is 0.00913. The number of rotatable bonds is 4. The summed E-state index contributed by atoms with van der Waals surface area (Å²) in [6.07, 6.45) is 3.47. The van der Waals surface area contributed by atoms with E-state index in [0.717, 1.165) is 16.8 Å². The summed E-state index contributed by atoms with van der Waals surface area (Å²) in [7, 11) is 3.63. The van der Waals surface area contributed by atoms with Gasteiger partial charge in [-0.25, -0.2) is 0 Å². The van der Waals surface area contributed by atoms with Crippen molar-refractivity contribution in [3.8, 4) is 0 Å². The molecule has 0 bridgehead atoms. The first-order chi connectivity index (χ1) is 9.61. The number of nitrogens with zero attached hydrogens (tertiary/aromatic N) is 2. The molecule has 4 heteroatoms. The number of hydrogen-bond donors (Lipinski definition) is 1. The number of aromatic nitrogens is 1. The van der Waals surface area contributed by atoms with Crippen LogP contribution in [0.15, 0.2) is 42.7 Å². The van der Waals surface area contributed by atoms with Gasteiger partial charge in [0.2, 0.25) is 0 Å². The summed E-state index contributed by atoms with van der Waals surface area (Å²) in [5.74, 6) is 0.00913. The van der Waals surface area contributed by atoms with Crippen LogP contribution in [0.4, 0.5) is 5.69 Å². The SMILES string of the molecule is CNc1ccc(C)cc1C(=O)N(C)Cc1ccncc1. The highest BCUT2D eigenvalue weighted by atomic mass is 16.2. The number of aryl methyl sites for hydroxylation is 1. The number of carbonyl (C=O) groups excluding carboxylic acids is 1. The van der Waals surface area contributed by atoms with E-state index in [1.807, 2.05) is 51.4 Å². The third-order valence-electron chi connectivity index (χ3n) is 3.19. The summed E-state index contributed by atoms with van der Waals surface area (Å²) >= 11 is 0. The Bertz CT molecular complexity index is 596. The molecule has 1 N–H and O–H groups in total. The average Bonchev–Trinajstić information content (AvgIpc) is 2.47. The standard InChI is InChI=1S/C16H19N3O/c1-12-4-5-15(17-2)14(10-12)16(20)19(3)11-13-6-8-18-9-7-13/h4-10,17H,11H2,1-3H3. The Morgan fingerprint density at radius 3 is 2.60 bits per heavy atom. The molecule has 2 aromatic rings. The zero-order chi connectivity index (χ0) is 14.5. The Balaban J connectivity index is 2.20. The van der Waals surface area contributed by atoms with E-state index in [1.165, 1.54) is 0 Å². The molecule has 0 aliphatic rings. The third-order valence-corrected chi connectivity index (χ3v) is 3.19. The molecule has 1 amide bonds. The van der Waals surface area contributed by atoms with Gasteiger partial charge in [-0.1, -0.05) is 11.6 Å². The van der Waals surface area contributed by atoms with E-state index in [4.69, 9.17) is 0 Å². The van der Waals surface area contributed by atoms with Crippen LogP contribution in [0.25, 0.3) is 0 Å². The minimum absolute atomic E-state index is 0.00913. The number of benzene rings is 1. The summed E-state index contributed by atoms with van der Waals surface area (Å²) in [6.45, 7) is 2.55. The molecule has 0 saturated heterocycles. The van der Waals surface area contributed by atoms with E-state index in [2.05, 4.69) is 10.3 Å². The quantitative estimate of drug-likeness (QED) is 0.928. The van der Waals surface area contributed by atoms with Crippen LogP contribution in [-0.2, 0) is 6.54 Å². The molecule has 0 fully saturated rings. The van der Waals surface area contributed by atoms with Crippen LogP contribution < -0.4 is 5.32 Å². The Morgan fingerprint density at radius 1 is 1.25 bits per heavy atom. The van der Waals surface area contributed by atoms with Gasteiger partial charge in [-0.05, 0) is 36.8 Å². The number of pyridine rings is 1. The molecule has 1 aromatic heterocycles. The highest BCUT2D eigenvalue weighted by molar-refractivity contribution is 5.99. The summed E-state index contributed by atoms with van der Waals surface area (Å²) in [5.41, 5.74) is 3.69. The molecule has 0 unspecified atom stereocenters. The van der Waals surface area contributed by atoms with Gasteiger partial charge >= 0.3 is 0 Å². The topological polar surface area (TPSA) is 45.2 Å². The molecule has 1 heterocycles. The van der Waals surface area contributed by atoms with Gasteiger partial charge in [-0.15, -0.1) is 0 Å². The van der Waals surface area contributed by atoms with Gasteiger partial charge in [-0.2, -0.15) is 0 Å². The number of carbonyl (C=O) groups is 1. The van der Waals surface area contributed by atoms with Crippen molar-refractivity contribution in [2.45, 2.75) is 13.5 Å². The molecule has 0 spiro atoms. The maximum absolute atomic E-state index is 12.6. The molecule has 0 aliphatic carbocycles. The predicted molar refractivity (Wildman–Crippen MR) is 80.8 cm³/mol. The summed E-state index contributed by atoms with van der Waals surface area (Å²) in [5, 5.41) is 3.06. The van der Waals surface area contributed by atoms with Crippen molar-refractivity contribution in [1.82, 2.24) is 9.88 Å². The van der Waals surface area contributed by atoms with Crippen molar-refractivity contribution in [2.24, 2.45) is 0 Å². The lowest BCUT2D eigenvalue weighted by Gasteiger charge is -2.19. The maximum Gasteiger partial charge on any atom is 0.256 e. The van der Waals surface area contributed by atoms with Gasteiger partial charge in [-0.3, -0.25) is 9.78 Å². The van der Waals surface area contributed by atoms with Crippen molar-refractivity contribution in [3.63, 3.8) is 0 Å².